The highest BCUT2D eigenvalue weighted by atomic mass is 32.1. The van der Waals surface area contributed by atoms with E-state index in [1.54, 1.807) is 24.7 Å². The highest BCUT2D eigenvalue weighted by molar-refractivity contribution is 7.18. The quantitative estimate of drug-likeness (QED) is 0.640. The average molecular weight is 407 g/mol. The molecule has 0 radical (unpaired) electrons. The summed E-state index contributed by atoms with van der Waals surface area (Å²) in [7, 11) is 0. The zero-order valence-corrected chi connectivity index (χ0v) is 17.4. The van der Waals surface area contributed by atoms with Crippen molar-refractivity contribution in [3.8, 4) is 0 Å². The van der Waals surface area contributed by atoms with E-state index in [0.717, 1.165) is 17.0 Å². The summed E-state index contributed by atoms with van der Waals surface area (Å²) in [4.78, 5) is 37.3. The number of carbonyl (C=O) groups is 3. The number of carbonyl (C=O) groups excluding carboxylic acids is 3. The molecule has 0 fully saturated rings. The standard InChI is InChI=1S/C19H25N3O5S/c1-5-11-27-18(24)15-13(4)16(19(25)26-6-2)28-17(15)20-14(23)8-10-22-9-7-12(3)21-22/h7,9H,5-6,8,10-11H2,1-4H3,(H,20,23). The molecule has 2 heterocycles. The van der Waals surface area contributed by atoms with Crippen molar-refractivity contribution in [3.05, 3.63) is 34.0 Å². The third kappa shape index (κ3) is 5.41. The van der Waals surface area contributed by atoms with Gasteiger partial charge >= 0.3 is 11.9 Å². The molecule has 0 saturated carbocycles. The van der Waals surface area contributed by atoms with Gasteiger partial charge in [-0.05, 0) is 38.8 Å². The van der Waals surface area contributed by atoms with Crippen molar-refractivity contribution in [2.24, 2.45) is 0 Å². The molecule has 0 unspecified atom stereocenters. The first-order valence-corrected chi connectivity index (χ1v) is 9.96. The van der Waals surface area contributed by atoms with Gasteiger partial charge < -0.3 is 14.8 Å². The Morgan fingerprint density at radius 3 is 2.54 bits per heavy atom. The van der Waals surface area contributed by atoms with E-state index in [1.807, 2.05) is 19.9 Å². The van der Waals surface area contributed by atoms with Crippen LogP contribution in [0, 0.1) is 13.8 Å². The summed E-state index contributed by atoms with van der Waals surface area (Å²) in [5.74, 6) is -1.37. The molecule has 2 aromatic rings. The van der Waals surface area contributed by atoms with Crippen LogP contribution in [0.25, 0.3) is 0 Å². The van der Waals surface area contributed by atoms with E-state index in [4.69, 9.17) is 9.47 Å². The molecule has 0 bridgehead atoms. The van der Waals surface area contributed by atoms with Crippen LogP contribution < -0.4 is 5.32 Å². The van der Waals surface area contributed by atoms with Crippen LogP contribution in [-0.2, 0) is 20.8 Å². The van der Waals surface area contributed by atoms with Crippen LogP contribution in [0.2, 0.25) is 0 Å². The number of anilines is 1. The minimum Gasteiger partial charge on any atom is -0.462 e. The van der Waals surface area contributed by atoms with Crippen LogP contribution >= 0.6 is 11.3 Å². The van der Waals surface area contributed by atoms with Gasteiger partial charge in [0.25, 0.3) is 0 Å². The molecular formula is C19H25N3O5S. The molecule has 1 amide bonds. The Morgan fingerprint density at radius 1 is 1.18 bits per heavy atom. The van der Waals surface area contributed by atoms with E-state index in [0.29, 0.717) is 23.5 Å². The van der Waals surface area contributed by atoms with Crippen molar-refractivity contribution < 1.29 is 23.9 Å². The molecule has 0 aliphatic heterocycles. The van der Waals surface area contributed by atoms with Gasteiger partial charge in [-0.25, -0.2) is 9.59 Å². The lowest BCUT2D eigenvalue weighted by molar-refractivity contribution is -0.116. The SMILES string of the molecule is CCCOC(=O)c1c(NC(=O)CCn2ccc(C)n2)sc(C(=O)OCC)c1C. The fourth-order valence-electron chi connectivity index (χ4n) is 2.50. The normalized spacial score (nSPS) is 10.6. The maximum absolute atomic E-state index is 12.5. The van der Waals surface area contributed by atoms with Crippen molar-refractivity contribution in [2.75, 3.05) is 18.5 Å². The van der Waals surface area contributed by atoms with E-state index in [9.17, 15) is 14.4 Å². The highest BCUT2D eigenvalue weighted by Crippen LogP contribution is 2.34. The molecule has 2 aromatic heterocycles. The Balaban J connectivity index is 2.19. The molecule has 0 atom stereocenters. The molecule has 0 saturated heterocycles. The monoisotopic (exact) mass is 407 g/mol. The van der Waals surface area contributed by atoms with Crippen LogP contribution in [0.5, 0.6) is 0 Å². The predicted octanol–water partition coefficient (Wildman–Crippen LogP) is 3.33. The number of rotatable bonds is 9. The summed E-state index contributed by atoms with van der Waals surface area (Å²) < 4.78 is 11.9. The fraction of sp³-hybridized carbons (Fsp3) is 0.474. The minimum atomic E-state index is -0.566. The smallest absolute Gasteiger partial charge is 0.348 e. The Labute approximate surface area is 167 Å². The van der Waals surface area contributed by atoms with Crippen LogP contribution in [0.1, 0.15) is 58.0 Å². The number of hydrogen-bond acceptors (Lipinski definition) is 7. The Morgan fingerprint density at radius 2 is 1.93 bits per heavy atom. The second-order valence-corrected chi connectivity index (χ2v) is 7.16. The summed E-state index contributed by atoms with van der Waals surface area (Å²) in [5.41, 5.74) is 1.52. The largest absolute Gasteiger partial charge is 0.462 e. The fourth-order valence-corrected chi connectivity index (χ4v) is 3.60. The molecule has 0 aliphatic carbocycles. The molecule has 1 N–H and O–H groups in total. The lowest BCUT2D eigenvalue weighted by Gasteiger charge is -2.08. The maximum Gasteiger partial charge on any atom is 0.348 e. The Bertz CT molecular complexity index is 856. The first-order valence-electron chi connectivity index (χ1n) is 9.14. The molecule has 0 aromatic carbocycles. The number of nitrogens with one attached hydrogen (secondary N) is 1. The van der Waals surface area contributed by atoms with E-state index < -0.39 is 11.9 Å². The molecule has 28 heavy (non-hydrogen) atoms. The van der Waals surface area contributed by atoms with Gasteiger partial charge in [0, 0.05) is 19.2 Å². The number of amides is 1. The van der Waals surface area contributed by atoms with Gasteiger partial charge in [-0.2, -0.15) is 5.10 Å². The third-order valence-electron chi connectivity index (χ3n) is 3.84. The minimum absolute atomic E-state index is 0.177. The van der Waals surface area contributed by atoms with Crippen molar-refractivity contribution in [3.63, 3.8) is 0 Å². The number of nitrogens with zero attached hydrogens (tertiary/aromatic N) is 2. The number of aryl methyl sites for hydroxylation is 2. The van der Waals surface area contributed by atoms with Gasteiger partial charge in [0.1, 0.15) is 9.88 Å². The first-order chi connectivity index (χ1) is 13.4. The summed E-state index contributed by atoms with van der Waals surface area (Å²) in [5, 5.41) is 7.26. The highest BCUT2D eigenvalue weighted by Gasteiger charge is 2.27. The van der Waals surface area contributed by atoms with Gasteiger partial charge in [-0.3, -0.25) is 9.48 Å². The third-order valence-corrected chi connectivity index (χ3v) is 5.03. The molecule has 0 spiro atoms. The van der Waals surface area contributed by atoms with E-state index in [2.05, 4.69) is 10.4 Å². The molecule has 152 valence electrons. The second-order valence-electron chi connectivity index (χ2n) is 6.14. The van der Waals surface area contributed by atoms with Crippen molar-refractivity contribution in [2.45, 2.75) is 47.1 Å². The van der Waals surface area contributed by atoms with Crippen LogP contribution in [0.3, 0.4) is 0 Å². The maximum atomic E-state index is 12.5. The molecule has 9 heteroatoms. The van der Waals surface area contributed by atoms with Gasteiger partial charge in [0.15, 0.2) is 0 Å². The lowest BCUT2D eigenvalue weighted by Crippen LogP contribution is -2.17. The second kappa shape index (κ2) is 10.0. The summed E-state index contributed by atoms with van der Waals surface area (Å²) in [6.45, 7) is 7.99. The molecule has 8 nitrogen and oxygen atoms in total. The van der Waals surface area contributed by atoms with E-state index >= 15 is 0 Å². The molecule has 2 rings (SSSR count). The molecular weight excluding hydrogens is 382 g/mol. The van der Waals surface area contributed by atoms with E-state index in [-0.39, 0.29) is 36.0 Å². The summed E-state index contributed by atoms with van der Waals surface area (Å²) in [6.07, 6.45) is 2.64. The molecule has 0 aliphatic rings. The van der Waals surface area contributed by atoms with Gasteiger partial charge in [-0.1, -0.05) is 6.92 Å². The lowest BCUT2D eigenvalue weighted by atomic mass is 10.1. The van der Waals surface area contributed by atoms with Crippen molar-refractivity contribution in [1.82, 2.24) is 9.78 Å². The Kier molecular flexibility index (Phi) is 7.74. The topological polar surface area (TPSA) is 99.5 Å². The zero-order valence-electron chi connectivity index (χ0n) is 16.5. The predicted molar refractivity (Wildman–Crippen MR) is 106 cm³/mol. The number of ether oxygens (including phenoxy) is 2. The van der Waals surface area contributed by atoms with Crippen molar-refractivity contribution >= 4 is 34.2 Å². The number of esters is 2. The number of thiophene rings is 1. The van der Waals surface area contributed by atoms with Crippen LogP contribution in [0.4, 0.5) is 5.00 Å². The number of hydrogen-bond donors (Lipinski definition) is 1. The summed E-state index contributed by atoms with van der Waals surface area (Å²) >= 11 is 1.02. The summed E-state index contributed by atoms with van der Waals surface area (Å²) in [6, 6.07) is 1.86. The van der Waals surface area contributed by atoms with E-state index in [1.165, 1.54) is 0 Å². The van der Waals surface area contributed by atoms with Crippen LogP contribution in [0.15, 0.2) is 12.3 Å². The zero-order chi connectivity index (χ0) is 20.7. The number of aromatic nitrogens is 2. The Hall–Kier alpha value is -2.68. The van der Waals surface area contributed by atoms with Gasteiger partial charge in [0.05, 0.1) is 24.5 Å². The van der Waals surface area contributed by atoms with Gasteiger partial charge in [-0.15, -0.1) is 11.3 Å². The van der Waals surface area contributed by atoms with Gasteiger partial charge in [0.2, 0.25) is 5.91 Å². The first kappa shape index (κ1) is 21.6. The van der Waals surface area contributed by atoms with Crippen molar-refractivity contribution in [1.29, 1.82) is 0 Å². The average Bonchev–Trinajstić information content (AvgIpc) is 3.21. The van der Waals surface area contributed by atoms with Crippen LogP contribution in [-0.4, -0.2) is 40.8 Å².